The maximum atomic E-state index is 13.7. The van der Waals surface area contributed by atoms with Gasteiger partial charge in [0.2, 0.25) is 21.8 Å². The van der Waals surface area contributed by atoms with E-state index in [-0.39, 0.29) is 30.6 Å². The van der Waals surface area contributed by atoms with Crippen molar-refractivity contribution >= 4 is 39.1 Å². The van der Waals surface area contributed by atoms with Crippen LogP contribution in [0.3, 0.4) is 0 Å². The molecule has 1 aliphatic rings. The van der Waals surface area contributed by atoms with E-state index in [2.05, 4.69) is 5.32 Å². The molecule has 3 rings (SSSR count). The third-order valence-corrected chi connectivity index (χ3v) is 8.04. The molecule has 2 aromatic rings. The molecular weight excluding hydrogens is 543 g/mol. The second-order valence-electron chi connectivity index (χ2n) is 9.34. The molecule has 1 aliphatic carbocycles. The quantitative estimate of drug-likeness (QED) is 0.434. The van der Waals surface area contributed by atoms with Gasteiger partial charge in [-0.15, -0.1) is 0 Å². The Kier molecular flexibility index (Phi) is 9.69. The lowest BCUT2D eigenvalue weighted by molar-refractivity contribution is -0.140. The number of rotatable bonds is 10. The highest BCUT2D eigenvalue weighted by Crippen LogP contribution is 2.32. The number of carbonyl (C=O) groups excluding carboxylic acids is 2. The SMILES string of the molecule is CC[C@@H](C(=O)NC1CCCC1)N(Cc1ccccc1Cl)C(=O)CN(c1cccc(C(F)(F)F)c1)S(C)(=O)=O. The van der Waals surface area contributed by atoms with Gasteiger partial charge in [0.15, 0.2) is 0 Å². The molecule has 0 heterocycles. The average Bonchev–Trinajstić information content (AvgIpc) is 3.35. The summed E-state index contributed by atoms with van der Waals surface area (Å²) in [4.78, 5) is 28.2. The molecule has 0 unspecified atom stereocenters. The molecule has 12 heteroatoms. The molecule has 7 nitrogen and oxygen atoms in total. The number of sulfonamides is 1. The first-order chi connectivity index (χ1) is 17.8. The smallest absolute Gasteiger partial charge is 0.352 e. The van der Waals surface area contributed by atoms with E-state index in [0.717, 1.165) is 44.1 Å². The van der Waals surface area contributed by atoms with Crippen LogP contribution in [0.4, 0.5) is 18.9 Å². The predicted octanol–water partition coefficient (Wildman–Crippen LogP) is 4.99. The highest BCUT2D eigenvalue weighted by atomic mass is 35.5. The lowest BCUT2D eigenvalue weighted by atomic mass is 10.1. The van der Waals surface area contributed by atoms with Crippen molar-refractivity contribution in [1.82, 2.24) is 10.2 Å². The number of carbonyl (C=O) groups is 2. The molecule has 2 amide bonds. The summed E-state index contributed by atoms with van der Waals surface area (Å²) in [5.41, 5.74) is -0.817. The zero-order valence-electron chi connectivity index (χ0n) is 21.2. The van der Waals surface area contributed by atoms with Crippen molar-refractivity contribution < 1.29 is 31.2 Å². The standard InChI is InChI=1S/C26H31ClF3N3O4S/c1-3-23(25(35)31-20-11-5-6-12-20)32(16-18-9-4-7-14-22(18)27)24(34)17-33(38(2,36)37)21-13-8-10-19(15-21)26(28,29)30/h4,7-10,13-15,20,23H,3,5-6,11-12,16-17H2,1-2H3,(H,31,35)/t23-/m0/s1. The normalized spacial score (nSPS) is 15.2. The molecule has 0 radical (unpaired) electrons. The van der Waals surface area contributed by atoms with Crippen LogP contribution >= 0.6 is 11.6 Å². The Balaban J connectivity index is 1.96. The number of hydrogen-bond donors (Lipinski definition) is 1. The lowest BCUT2D eigenvalue weighted by Crippen LogP contribution is -2.53. The van der Waals surface area contributed by atoms with Gasteiger partial charge < -0.3 is 10.2 Å². The van der Waals surface area contributed by atoms with Crippen molar-refractivity contribution in [1.29, 1.82) is 0 Å². The van der Waals surface area contributed by atoms with Crippen LogP contribution in [-0.2, 0) is 32.3 Å². The Morgan fingerprint density at radius 2 is 1.76 bits per heavy atom. The zero-order chi connectivity index (χ0) is 28.1. The van der Waals surface area contributed by atoms with Gasteiger partial charge in [0.1, 0.15) is 12.6 Å². The number of halogens is 4. The fourth-order valence-electron chi connectivity index (χ4n) is 4.55. The predicted molar refractivity (Wildman–Crippen MR) is 140 cm³/mol. The third kappa shape index (κ3) is 7.63. The Labute approximate surface area is 226 Å². The Hall–Kier alpha value is -2.79. The average molecular weight is 574 g/mol. The van der Waals surface area contributed by atoms with Gasteiger partial charge in [-0.25, -0.2) is 8.42 Å². The van der Waals surface area contributed by atoms with Crippen molar-refractivity contribution in [2.45, 2.75) is 63.8 Å². The highest BCUT2D eigenvalue weighted by molar-refractivity contribution is 7.92. The van der Waals surface area contributed by atoms with Crippen molar-refractivity contribution in [3.05, 3.63) is 64.7 Å². The minimum absolute atomic E-state index is 0.00792. The van der Waals surface area contributed by atoms with E-state index in [1.54, 1.807) is 31.2 Å². The van der Waals surface area contributed by atoms with E-state index in [1.165, 1.54) is 11.0 Å². The van der Waals surface area contributed by atoms with E-state index >= 15 is 0 Å². The summed E-state index contributed by atoms with van der Waals surface area (Å²) in [6.45, 7) is 0.847. The monoisotopic (exact) mass is 573 g/mol. The molecule has 208 valence electrons. The first-order valence-electron chi connectivity index (χ1n) is 12.3. The molecule has 0 spiro atoms. The van der Waals surface area contributed by atoms with Gasteiger partial charge in [-0.2, -0.15) is 13.2 Å². The Morgan fingerprint density at radius 1 is 1.11 bits per heavy atom. The van der Waals surface area contributed by atoms with Crippen LogP contribution < -0.4 is 9.62 Å². The van der Waals surface area contributed by atoms with Gasteiger partial charge in [-0.3, -0.25) is 13.9 Å². The third-order valence-electron chi connectivity index (χ3n) is 6.53. The van der Waals surface area contributed by atoms with Crippen LogP contribution in [0.15, 0.2) is 48.5 Å². The van der Waals surface area contributed by atoms with E-state index in [1.807, 2.05) is 0 Å². The molecule has 38 heavy (non-hydrogen) atoms. The Morgan fingerprint density at radius 3 is 2.34 bits per heavy atom. The number of hydrogen-bond acceptors (Lipinski definition) is 4. The van der Waals surface area contributed by atoms with Crippen LogP contribution in [-0.4, -0.2) is 50.0 Å². The fraction of sp³-hybridized carbons (Fsp3) is 0.462. The molecular formula is C26H31ClF3N3O4S. The maximum Gasteiger partial charge on any atom is 0.416 e. The lowest BCUT2D eigenvalue weighted by Gasteiger charge is -2.33. The van der Waals surface area contributed by atoms with Crippen LogP contribution in [0.5, 0.6) is 0 Å². The summed E-state index contributed by atoms with van der Waals surface area (Å²) in [6.07, 6.45) is -0.0180. The van der Waals surface area contributed by atoms with Crippen LogP contribution in [0.1, 0.15) is 50.2 Å². The number of amides is 2. The Bertz CT molecular complexity index is 1250. The van der Waals surface area contributed by atoms with Gasteiger partial charge in [0.25, 0.3) is 0 Å². The second kappa shape index (κ2) is 12.4. The molecule has 2 aromatic carbocycles. The topological polar surface area (TPSA) is 86.8 Å². The summed E-state index contributed by atoms with van der Waals surface area (Å²) in [5, 5.41) is 3.34. The van der Waals surface area contributed by atoms with Crippen LogP contribution in [0.2, 0.25) is 5.02 Å². The van der Waals surface area contributed by atoms with Crippen molar-refractivity contribution in [2.75, 3.05) is 17.1 Å². The molecule has 0 saturated heterocycles. The van der Waals surface area contributed by atoms with Crippen LogP contribution in [0.25, 0.3) is 0 Å². The molecule has 1 atom stereocenters. The molecule has 0 bridgehead atoms. The van der Waals surface area contributed by atoms with Crippen molar-refractivity contribution in [2.24, 2.45) is 0 Å². The van der Waals surface area contributed by atoms with Gasteiger partial charge in [0.05, 0.1) is 17.5 Å². The highest BCUT2D eigenvalue weighted by Gasteiger charge is 2.35. The number of benzene rings is 2. The van der Waals surface area contributed by atoms with Crippen molar-refractivity contribution in [3.63, 3.8) is 0 Å². The maximum absolute atomic E-state index is 13.7. The van der Waals surface area contributed by atoms with Gasteiger partial charge in [-0.1, -0.05) is 55.6 Å². The molecule has 0 aromatic heterocycles. The fourth-order valence-corrected chi connectivity index (χ4v) is 5.59. The summed E-state index contributed by atoms with van der Waals surface area (Å²) in [5.74, 6) is -1.12. The van der Waals surface area contributed by atoms with Gasteiger partial charge in [0, 0.05) is 17.6 Å². The molecule has 1 fully saturated rings. The first kappa shape index (κ1) is 29.8. The molecule has 0 aliphatic heterocycles. The summed E-state index contributed by atoms with van der Waals surface area (Å²) in [6, 6.07) is 9.55. The number of nitrogens with zero attached hydrogens (tertiary/aromatic N) is 2. The number of alkyl halides is 3. The number of anilines is 1. The largest absolute Gasteiger partial charge is 0.416 e. The van der Waals surface area contributed by atoms with E-state index < -0.39 is 40.3 Å². The molecule has 1 N–H and O–H groups in total. The summed E-state index contributed by atoms with van der Waals surface area (Å²) in [7, 11) is -4.17. The van der Waals surface area contributed by atoms with E-state index in [0.29, 0.717) is 21.0 Å². The minimum Gasteiger partial charge on any atom is -0.352 e. The van der Waals surface area contributed by atoms with Gasteiger partial charge >= 0.3 is 6.18 Å². The second-order valence-corrected chi connectivity index (χ2v) is 11.7. The van der Waals surface area contributed by atoms with E-state index in [9.17, 15) is 31.2 Å². The molecule has 1 saturated carbocycles. The summed E-state index contributed by atoms with van der Waals surface area (Å²) < 4.78 is 65.8. The zero-order valence-corrected chi connectivity index (χ0v) is 22.7. The minimum atomic E-state index is -4.70. The first-order valence-corrected chi connectivity index (χ1v) is 14.5. The van der Waals surface area contributed by atoms with Crippen molar-refractivity contribution in [3.8, 4) is 0 Å². The van der Waals surface area contributed by atoms with Crippen LogP contribution in [0, 0.1) is 0 Å². The summed E-state index contributed by atoms with van der Waals surface area (Å²) >= 11 is 6.32. The van der Waals surface area contributed by atoms with Gasteiger partial charge in [-0.05, 0) is 49.1 Å². The van der Waals surface area contributed by atoms with E-state index in [4.69, 9.17) is 11.6 Å². The number of nitrogens with one attached hydrogen (secondary N) is 1.